The van der Waals surface area contributed by atoms with Crippen molar-refractivity contribution < 1.29 is 4.39 Å². The molecular formula is C12H11Cl2FN2. The molecule has 1 aliphatic heterocycles. The molecule has 1 aromatic rings. The number of halogens is 3. The molecule has 1 aliphatic rings. The van der Waals surface area contributed by atoms with E-state index in [1.54, 1.807) is 29.3 Å². The van der Waals surface area contributed by atoms with E-state index in [0.29, 0.717) is 28.8 Å². The average Bonchev–Trinajstić information content (AvgIpc) is 2.32. The Morgan fingerprint density at radius 1 is 1.18 bits per heavy atom. The summed E-state index contributed by atoms with van der Waals surface area (Å²) in [5, 5.41) is 2.70. The van der Waals surface area contributed by atoms with Crippen LogP contribution in [-0.4, -0.2) is 11.6 Å². The van der Waals surface area contributed by atoms with Crippen LogP contribution in [0.2, 0.25) is 0 Å². The van der Waals surface area contributed by atoms with E-state index in [1.165, 1.54) is 6.07 Å². The molecule has 0 saturated heterocycles. The van der Waals surface area contributed by atoms with Gasteiger partial charge in [-0.2, -0.15) is 0 Å². The molecule has 5 heteroatoms. The van der Waals surface area contributed by atoms with Crippen LogP contribution in [0.25, 0.3) is 0 Å². The molecule has 90 valence electrons. The van der Waals surface area contributed by atoms with Crippen molar-refractivity contribution >= 4 is 23.2 Å². The highest BCUT2D eigenvalue weighted by atomic mass is 35.5. The van der Waals surface area contributed by atoms with Gasteiger partial charge in [-0.15, -0.1) is 0 Å². The second-order valence-electron chi connectivity index (χ2n) is 3.61. The molecule has 2 nitrogen and oxygen atoms in total. The van der Waals surface area contributed by atoms with Crippen LogP contribution in [0.3, 0.4) is 0 Å². The minimum Gasteiger partial charge on any atom is -0.287 e. The Kier molecular flexibility index (Phi) is 3.92. The summed E-state index contributed by atoms with van der Waals surface area (Å²) in [6.45, 7) is 0.542. The fraction of sp³-hybridized carbons (Fsp3) is 0.167. The number of hydrogen-bond acceptors (Lipinski definition) is 2. The molecule has 17 heavy (non-hydrogen) atoms. The van der Waals surface area contributed by atoms with Crippen molar-refractivity contribution in [1.29, 1.82) is 0 Å². The first-order valence-electron chi connectivity index (χ1n) is 5.17. The molecule has 1 aromatic carbocycles. The van der Waals surface area contributed by atoms with Crippen LogP contribution in [0.5, 0.6) is 0 Å². The van der Waals surface area contributed by atoms with Gasteiger partial charge in [0.1, 0.15) is 16.1 Å². The lowest BCUT2D eigenvalue weighted by Crippen LogP contribution is -2.37. The molecule has 0 saturated carbocycles. The molecule has 1 N–H and O–H groups in total. The van der Waals surface area contributed by atoms with Gasteiger partial charge in [-0.3, -0.25) is 10.4 Å². The summed E-state index contributed by atoms with van der Waals surface area (Å²) in [6.07, 6.45) is 3.92. The average molecular weight is 273 g/mol. The van der Waals surface area contributed by atoms with E-state index < -0.39 is 0 Å². The molecule has 1 heterocycles. The van der Waals surface area contributed by atoms with Crippen LogP contribution in [0, 0.1) is 5.82 Å². The molecule has 0 fully saturated rings. The van der Waals surface area contributed by atoms with Crippen molar-refractivity contribution in [2.75, 3.05) is 6.54 Å². The maximum absolute atomic E-state index is 13.4. The molecule has 0 radical (unpaired) electrons. The molecule has 0 unspecified atom stereocenters. The van der Waals surface area contributed by atoms with Crippen molar-refractivity contribution in [3.63, 3.8) is 0 Å². The van der Waals surface area contributed by atoms with Gasteiger partial charge in [-0.05, 0) is 30.2 Å². The van der Waals surface area contributed by atoms with E-state index in [9.17, 15) is 4.39 Å². The molecule has 0 spiro atoms. The summed E-state index contributed by atoms with van der Waals surface area (Å²) in [5.41, 5.74) is 3.55. The summed E-state index contributed by atoms with van der Waals surface area (Å²) >= 11 is 11.8. The van der Waals surface area contributed by atoms with Crippen molar-refractivity contribution in [2.45, 2.75) is 6.42 Å². The third kappa shape index (κ3) is 3.14. The molecule has 0 aromatic heterocycles. The third-order valence-corrected chi connectivity index (χ3v) is 2.97. The quantitative estimate of drug-likeness (QED) is 0.849. The van der Waals surface area contributed by atoms with Gasteiger partial charge in [-0.25, -0.2) is 4.39 Å². The van der Waals surface area contributed by atoms with Crippen LogP contribution in [0.15, 0.2) is 46.7 Å². The monoisotopic (exact) mass is 272 g/mol. The van der Waals surface area contributed by atoms with E-state index >= 15 is 0 Å². The number of hydrazine groups is 1. The molecule has 0 aliphatic carbocycles. The zero-order chi connectivity index (χ0) is 12.3. The highest BCUT2D eigenvalue weighted by Crippen LogP contribution is 2.17. The lowest BCUT2D eigenvalue weighted by molar-refractivity contribution is 0.299. The van der Waals surface area contributed by atoms with Crippen LogP contribution in [-0.2, 0) is 6.42 Å². The number of nitrogens with one attached hydrogen (secondary N) is 1. The Morgan fingerprint density at radius 3 is 2.71 bits per heavy atom. The van der Waals surface area contributed by atoms with Crippen LogP contribution in [0.1, 0.15) is 5.56 Å². The van der Waals surface area contributed by atoms with Crippen molar-refractivity contribution in [1.82, 2.24) is 10.4 Å². The first kappa shape index (κ1) is 12.3. The Bertz CT molecular complexity index is 471. The van der Waals surface area contributed by atoms with Gasteiger partial charge in [0.15, 0.2) is 0 Å². The topological polar surface area (TPSA) is 15.3 Å². The normalized spacial score (nSPS) is 15.1. The number of benzene rings is 1. The Labute approximate surface area is 109 Å². The van der Waals surface area contributed by atoms with Gasteiger partial charge < -0.3 is 0 Å². The minimum atomic E-state index is -0.203. The number of hydrogen-bond donors (Lipinski definition) is 1. The van der Waals surface area contributed by atoms with Crippen LogP contribution in [0.4, 0.5) is 4.39 Å². The zero-order valence-corrected chi connectivity index (χ0v) is 10.5. The smallest absolute Gasteiger partial charge is 0.126 e. The highest BCUT2D eigenvalue weighted by molar-refractivity contribution is 6.31. The Hall–Kier alpha value is -1.19. The highest BCUT2D eigenvalue weighted by Gasteiger charge is 2.12. The molecule has 0 bridgehead atoms. The molecular weight excluding hydrogens is 262 g/mol. The van der Waals surface area contributed by atoms with Gasteiger partial charge >= 0.3 is 0 Å². The summed E-state index contributed by atoms with van der Waals surface area (Å²) in [7, 11) is 0. The maximum atomic E-state index is 13.4. The van der Waals surface area contributed by atoms with Crippen molar-refractivity contribution in [3.05, 3.63) is 58.1 Å². The zero-order valence-electron chi connectivity index (χ0n) is 8.96. The number of rotatable bonds is 3. The van der Waals surface area contributed by atoms with E-state index in [1.807, 2.05) is 6.07 Å². The fourth-order valence-corrected chi connectivity index (χ4v) is 1.90. The predicted octanol–water partition coefficient (Wildman–Crippen LogP) is 3.35. The second-order valence-corrected chi connectivity index (χ2v) is 4.40. The first-order valence-corrected chi connectivity index (χ1v) is 5.93. The summed E-state index contributed by atoms with van der Waals surface area (Å²) in [5.74, 6) is -0.203. The fourth-order valence-electron chi connectivity index (χ4n) is 1.55. The van der Waals surface area contributed by atoms with Gasteiger partial charge in [0.05, 0.1) is 0 Å². The lowest BCUT2D eigenvalue weighted by atomic mass is 10.1. The van der Waals surface area contributed by atoms with Gasteiger partial charge in [0.25, 0.3) is 0 Å². The lowest BCUT2D eigenvalue weighted by Gasteiger charge is -2.27. The Morgan fingerprint density at radius 2 is 1.94 bits per heavy atom. The SMILES string of the molecule is Fc1ccccc1CCN1NC(Cl)=CC=C1Cl. The van der Waals surface area contributed by atoms with Gasteiger partial charge in [0, 0.05) is 6.54 Å². The standard InChI is InChI=1S/C12H11Cl2FN2/c13-11-5-6-12(14)17(16-11)8-7-9-3-1-2-4-10(9)15/h1-6,16H,7-8H2. The van der Waals surface area contributed by atoms with E-state index in [-0.39, 0.29) is 5.82 Å². The molecule has 0 atom stereocenters. The first-order chi connectivity index (χ1) is 8.16. The summed E-state index contributed by atoms with van der Waals surface area (Å²) in [6, 6.07) is 6.69. The molecule has 2 rings (SSSR count). The molecule has 0 amide bonds. The van der Waals surface area contributed by atoms with Gasteiger partial charge in [0.2, 0.25) is 0 Å². The number of allylic oxidation sites excluding steroid dienone is 2. The van der Waals surface area contributed by atoms with E-state index in [0.717, 1.165) is 0 Å². The third-order valence-electron chi connectivity index (χ3n) is 2.43. The maximum Gasteiger partial charge on any atom is 0.126 e. The van der Waals surface area contributed by atoms with Crippen molar-refractivity contribution in [2.24, 2.45) is 0 Å². The van der Waals surface area contributed by atoms with Gasteiger partial charge in [-0.1, -0.05) is 41.4 Å². The van der Waals surface area contributed by atoms with Crippen LogP contribution >= 0.6 is 23.2 Å². The minimum absolute atomic E-state index is 0.203. The summed E-state index contributed by atoms with van der Waals surface area (Å²) < 4.78 is 13.4. The summed E-state index contributed by atoms with van der Waals surface area (Å²) in [4.78, 5) is 0. The van der Waals surface area contributed by atoms with E-state index in [4.69, 9.17) is 23.2 Å². The van der Waals surface area contributed by atoms with Crippen LogP contribution < -0.4 is 5.43 Å². The Balaban J connectivity index is 1.98. The van der Waals surface area contributed by atoms with Crippen molar-refractivity contribution in [3.8, 4) is 0 Å². The van der Waals surface area contributed by atoms with E-state index in [2.05, 4.69) is 5.43 Å². The number of nitrogens with zero attached hydrogens (tertiary/aromatic N) is 1. The largest absolute Gasteiger partial charge is 0.287 e. The predicted molar refractivity (Wildman–Crippen MR) is 67.8 cm³/mol. The second kappa shape index (κ2) is 5.43.